The number of likely N-dealkylation sites (tertiary alicyclic amines) is 1. The second-order valence-electron chi connectivity index (χ2n) is 8.45. The van der Waals surface area contributed by atoms with Crippen LogP contribution >= 0.6 is 36.6 Å². The molecule has 2 atom stereocenters. The molecule has 188 valence electrons. The number of piperazine rings is 1. The summed E-state index contributed by atoms with van der Waals surface area (Å²) in [6.45, 7) is 3.62. The molecule has 0 aliphatic carbocycles. The molecule has 1 aromatic carbocycles. The van der Waals surface area contributed by atoms with Gasteiger partial charge in [0.25, 0.3) is 5.91 Å². The van der Waals surface area contributed by atoms with Gasteiger partial charge in [0.15, 0.2) is 5.17 Å². The summed E-state index contributed by atoms with van der Waals surface area (Å²) in [6.07, 6.45) is 2.00. The second-order valence-corrected chi connectivity index (χ2v) is 9.46. The van der Waals surface area contributed by atoms with E-state index >= 15 is 0 Å². The molecule has 34 heavy (non-hydrogen) atoms. The molecule has 4 rings (SSSR count). The molecule has 8 nitrogen and oxygen atoms in total. The Morgan fingerprint density at radius 1 is 1.26 bits per heavy atom. The molecular formula is C22H30Cl2FN5O3S. The van der Waals surface area contributed by atoms with E-state index in [0.29, 0.717) is 34.2 Å². The van der Waals surface area contributed by atoms with Crippen LogP contribution in [-0.4, -0.2) is 89.8 Å². The standard InChI is InChI=1S/C22H28FN5O3S.2ClH/c1-26(2)16-5-8-28(22(30)31)18(13-16)17-4-3-15(23)11-14(17)12-19-20(29)25-21(32-19)27-9-6-24-7-10-27;;/h3-4,11-12,16,18,24H,5-10,13H2,1-2H3,(H,30,31);2*1H/b19-12-;;. The van der Waals surface area contributed by atoms with Crippen LogP contribution in [0.3, 0.4) is 0 Å². The van der Waals surface area contributed by atoms with E-state index in [2.05, 4.69) is 20.1 Å². The van der Waals surface area contributed by atoms with Gasteiger partial charge < -0.3 is 25.1 Å². The van der Waals surface area contributed by atoms with Crippen molar-refractivity contribution in [2.45, 2.75) is 24.9 Å². The van der Waals surface area contributed by atoms with Gasteiger partial charge in [-0.2, -0.15) is 4.99 Å². The Morgan fingerprint density at radius 2 is 1.97 bits per heavy atom. The first-order valence-corrected chi connectivity index (χ1v) is 11.6. The quantitative estimate of drug-likeness (QED) is 0.576. The summed E-state index contributed by atoms with van der Waals surface area (Å²) in [5.41, 5.74) is 1.23. The summed E-state index contributed by atoms with van der Waals surface area (Å²) >= 11 is 1.29. The van der Waals surface area contributed by atoms with Crippen molar-refractivity contribution >= 4 is 59.8 Å². The highest BCUT2D eigenvalue weighted by atomic mass is 35.5. The van der Waals surface area contributed by atoms with Crippen molar-refractivity contribution in [3.63, 3.8) is 0 Å². The van der Waals surface area contributed by atoms with Gasteiger partial charge in [0, 0.05) is 38.8 Å². The van der Waals surface area contributed by atoms with E-state index in [1.54, 1.807) is 12.1 Å². The first-order chi connectivity index (χ1) is 15.3. The summed E-state index contributed by atoms with van der Waals surface area (Å²) < 4.78 is 14.2. The lowest BCUT2D eigenvalue weighted by atomic mass is 9.88. The highest BCUT2D eigenvalue weighted by Crippen LogP contribution is 2.37. The van der Waals surface area contributed by atoms with Crippen molar-refractivity contribution in [1.29, 1.82) is 0 Å². The molecule has 2 saturated heterocycles. The minimum atomic E-state index is -0.995. The van der Waals surface area contributed by atoms with Gasteiger partial charge in [-0.15, -0.1) is 24.8 Å². The third kappa shape index (κ3) is 6.23. The molecule has 1 aromatic rings. The molecule has 2 N–H and O–H groups in total. The maximum atomic E-state index is 14.2. The highest BCUT2D eigenvalue weighted by Gasteiger charge is 2.35. The van der Waals surface area contributed by atoms with E-state index in [-0.39, 0.29) is 36.8 Å². The molecule has 0 spiro atoms. The molecule has 3 aliphatic rings. The maximum absolute atomic E-state index is 14.2. The Hall–Kier alpha value is -1.85. The number of carboxylic acid groups (broad SMARTS) is 1. The Labute approximate surface area is 215 Å². The van der Waals surface area contributed by atoms with Crippen LogP contribution < -0.4 is 5.32 Å². The normalized spacial score (nSPS) is 24.1. The first kappa shape index (κ1) is 28.4. The fraction of sp³-hybridized carbons (Fsp3) is 0.500. The van der Waals surface area contributed by atoms with E-state index in [0.717, 1.165) is 32.6 Å². The molecule has 12 heteroatoms. The number of amidine groups is 1. The number of nitrogens with one attached hydrogen (secondary N) is 1. The number of halogens is 3. The van der Waals surface area contributed by atoms with Gasteiger partial charge in [0.2, 0.25) is 0 Å². The van der Waals surface area contributed by atoms with Crippen molar-refractivity contribution in [2.24, 2.45) is 4.99 Å². The number of thioether (sulfide) groups is 1. The zero-order valence-corrected chi connectivity index (χ0v) is 21.5. The number of piperidine rings is 1. The van der Waals surface area contributed by atoms with E-state index < -0.39 is 18.0 Å². The van der Waals surface area contributed by atoms with Crippen molar-refractivity contribution < 1.29 is 19.1 Å². The predicted molar refractivity (Wildman–Crippen MR) is 138 cm³/mol. The fourth-order valence-electron chi connectivity index (χ4n) is 4.44. The minimum absolute atomic E-state index is 0. The van der Waals surface area contributed by atoms with Gasteiger partial charge in [0.05, 0.1) is 10.9 Å². The second kappa shape index (κ2) is 12.2. The topological polar surface area (TPSA) is 88.5 Å². The summed E-state index contributed by atoms with van der Waals surface area (Å²) in [5.74, 6) is -0.773. The van der Waals surface area contributed by atoms with E-state index in [9.17, 15) is 19.1 Å². The predicted octanol–water partition coefficient (Wildman–Crippen LogP) is 3.29. The van der Waals surface area contributed by atoms with Gasteiger partial charge in [-0.05, 0) is 68.0 Å². The molecule has 0 aromatic heterocycles. The number of carbonyl (C=O) groups is 2. The summed E-state index contributed by atoms with van der Waals surface area (Å²) in [7, 11) is 3.96. The molecule has 2 amide bonds. The Morgan fingerprint density at radius 3 is 2.62 bits per heavy atom. The van der Waals surface area contributed by atoms with Gasteiger partial charge in [0.1, 0.15) is 5.82 Å². The lowest BCUT2D eigenvalue weighted by Gasteiger charge is -2.41. The largest absolute Gasteiger partial charge is 0.465 e. The van der Waals surface area contributed by atoms with Crippen LogP contribution in [0.4, 0.5) is 9.18 Å². The number of aliphatic imine (C=N–C) groups is 1. The fourth-order valence-corrected chi connectivity index (χ4v) is 5.40. The van der Waals surface area contributed by atoms with Crippen molar-refractivity contribution in [3.8, 4) is 0 Å². The number of hydrogen-bond donors (Lipinski definition) is 2. The van der Waals surface area contributed by atoms with Crippen molar-refractivity contribution in [1.82, 2.24) is 20.0 Å². The summed E-state index contributed by atoms with van der Waals surface area (Å²) in [4.78, 5) is 34.7. The number of carbonyl (C=O) groups excluding carboxylic acids is 1. The van der Waals surface area contributed by atoms with Crippen LogP contribution in [0.1, 0.15) is 30.0 Å². The van der Waals surface area contributed by atoms with Gasteiger partial charge in [-0.25, -0.2) is 9.18 Å². The summed E-state index contributed by atoms with van der Waals surface area (Å²) in [5, 5.41) is 13.7. The van der Waals surface area contributed by atoms with Gasteiger partial charge in [-0.3, -0.25) is 4.79 Å². The van der Waals surface area contributed by atoms with E-state index in [1.807, 2.05) is 14.1 Å². The maximum Gasteiger partial charge on any atom is 0.407 e. The lowest BCUT2D eigenvalue weighted by Crippen LogP contribution is -2.46. The smallest absolute Gasteiger partial charge is 0.407 e. The summed E-state index contributed by atoms with van der Waals surface area (Å²) in [6, 6.07) is 4.16. The number of hydrogen-bond acceptors (Lipinski definition) is 6. The van der Waals surface area contributed by atoms with Crippen LogP contribution in [-0.2, 0) is 4.79 Å². The van der Waals surface area contributed by atoms with Crippen LogP contribution in [0.25, 0.3) is 6.08 Å². The Balaban J connectivity index is 0.00000204. The van der Waals surface area contributed by atoms with Gasteiger partial charge in [-0.1, -0.05) is 6.07 Å². The SMILES string of the molecule is CN(C)C1CCN(C(=O)O)C(c2ccc(F)cc2/C=C2\SC(N3CCNCC3)=NC2=O)C1.Cl.Cl. The zero-order valence-electron chi connectivity index (χ0n) is 19.1. The van der Waals surface area contributed by atoms with Gasteiger partial charge >= 0.3 is 6.09 Å². The molecule has 3 aliphatic heterocycles. The highest BCUT2D eigenvalue weighted by molar-refractivity contribution is 8.18. The number of nitrogens with zero attached hydrogens (tertiary/aromatic N) is 4. The van der Waals surface area contributed by atoms with Crippen LogP contribution in [0, 0.1) is 5.82 Å². The Kier molecular flexibility index (Phi) is 10.2. The molecule has 2 unspecified atom stereocenters. The molecule has 0 radical (unpaired) electrons. The van der Waals surface area contributed by atoms with Crippen LogP contribution in [0.5, 0.6) is 0 Å². The molecular weight excluding hydrogens is 504 g/mol. The first-order valence-electron chi connectivity index (χ1n) is 10.8. The lowest BCUT2D eigenvalue weighted by molar-refractivity contribution is -0.113. The Bertz CT molecular complexity index is 972. The monoisotopic (exact) mass is 533 g/mol. The number of amides is 2. The molecule has 2 fully saturated rings. The molecule has 0 bridgehead atoms. The minimum Gasteiger partial charge on any atom is -0.465 e. The van der Waals surface area contributed by atoms with E-state index in [4.69, 9.17) is 0 Å². The molecule has 0 saturated carbocycles. The third-order valence-corrected chi connectivity index (χ3v) is 7.29. The average Bonchev–Trinajstić information content (AvgIpc) is 3.14. The zero-order chi connectivity index (χ0) is 22.8. The van der Waals surface area contributed by atoms with Crippen molar-refractivity contribution in [2.75, 3.05) is 46.8 Å². The van der Waals surface area contributed by atoms with Crippen molar-refractivity contribution in [3.05, 3.63) is 40.0 Å². The average molecular weight is 534 g/mol. The molecule has 3 heterocycles. The van der Waals surface area contributed by atoms with Crippen LogP contribution in [0.15, 0.2) is 28.1 Å². The van der Waals surface area contributed by atoms with E-state index in [1.165, 1.54) is 28.8 Å². The number of benzene rings is 1. The third-order valence-electron chi connectivity index (χ3n) is 6.24. The van der Waals surface area contributed by atoms with Crippen LogP contribution in [0.2, 0.25) is 0 Å². The number of rotatable bonds is 3.